The van der Waals surface area contributed by atoms with E-state index in [2.05, 4.69) is 4.74 Å². The molecule has 0 heterocycles. The van der Waals surface area contributed by atoms with E-state index >= 15 is 0 Å². The van der Waals surface area contributed by atoms with Gasteiger partial charge in [0.25, 0.3) is 0 Å². The van der Waals surface area contributed by atoms with Crippen LogP contribution in [0, 0.1) is 14.9 Å². The number of hydrogen-bond donors (Lipinski definition) is 0. The van der Waals surface area contributed by atoms with Crippen LogP contribution in [-0.2, 0) is 4.74 Å². The first-order chi connectivity index (χ1) is 8.51. The molecule has 0 spiro atoms. The predicted molar refractivity (Wildman–Crippen MR) is 66.5 cm³/mol. The molecule has 0 bridgehead atoms. The number of benzene rings is 1. The first kappa shape index (κ1) is 14.6. The molecule has 0 amide bonds. The van der Waals surface area contributed by atoms with E-state index in [4.69, 9.17) is 10.00 Å². The molecule has 1 aromatic rings. The van der Waals surface area contributed by atoms with Crippen LogP contribution in [0.4, 0.5) is 8.78 Å². The average molecular weight is 367 g/mol. The largest absolute Gasteiger partial charge is 0.462 e. The minimum Gasteiger partial charge on any atom is -0.462 e. The molecule has 1 rings (SSSR count). The molecule has 96 valence electrons. The van der Waals surface area contributed by atoms with Crippen LogP contribution in [-0.4, -0.2) is 19.2 Å². The SMILES string of the molecule is CCOC(=O)c1c(I)ccc(C#N)c1OC(F)F. The standard InChI is InChI=1S/C11H8F2INO3/c1-2-17-10(16)8-7(14)4-3-6(5-15)9(8)18-11(12)13/h3-4,11H,2H2,1H3. The summed E-state index contributed by atoms with van der Waals surface area (Å²) in [5, 5.41) is 8.83. The van der Waals surface area contributed by atoms with Crippen molar-refractivity contribution in [2.75, 3.05) is 6.61 Å². The molecule has 0 fully saturated rings. The van der Waals surface area contributed by atoms with Crippen LogP contribution in [0.3, 0.4) is 0 Å². The van der Waals surface area contributed by atoms with E-state index in [1.807, 2.05) is 0 Å². The summed E-state index contributed by atoms with van der Waals surface area (Å²) in [6.07, 6.45) is 0. The van der Waals surface area contributed by atoms with E-state index in [9.17, 15) is 13.6 Å². The second kappa shape index (κ2) is 6.49. The highest BCUT2D eigenvalue weighted by atomic mass is 127. The van der Waals surface area contributed by atoms with Crippen molar-refractivity contribution in [3.8, 4) is 11.8 Å². The molecule has 0 radical (unpaired) electrons. The molecule has 18 heavy (non-hydrogen) atoms. The predicted octanol–water partition coefficient (Wildman–Crippen LogP) is 2.94. The maximum absolute atomic E-state index is 12.3. The number of carbonyl (C=O) groups excluding carboxylic acids is 1. The highest BCUT2D eigenvalue weighted by Crippen LogP contribution is 2.30. The van der Waals surface area contributed by atoms with Crippen LogP contribution < -0.4 is 4.74 Å². The van der Waals surface area contributed by atoms with Crippen molar-refractivity contribution in [3.63, 3.8) is 0 Å². The average Bonchev–Trinajstić information content (AvgIpc) is 2.29. The fourth-order valence-electron chi connectivity index (χ4n) is 1.25. The number of nitriles is 1. The zero-order valence-corrected chi connectivity index (χ0v) is 11.4. The Morgan fingerprint density at radius 3 is 2.72 bits per heavy atom. The third-order valence-corrected chi connectivity index (χ3v) is 2.81. The number of ether oxygens (including phenoxy) is 2. The van der Waals surface area contributed by atoms with Crippen molar-refractivity contribution in [1.82, 2.24) is 0 Å². The van der Waals surface area contributed by atoms with Gasteiger partial charge in [-0.05, 0) is 41.6 Å². The Bertz CT molecular complexity index is 500. The maximum atomic E-state index is 12.3. The second-order valence-electron chi connectivity index (χ2n) is 3.01. The molecule has 0 aliphatic heterocycles. The Morgan fingerprint density at radius 2 is 2.22 bits per heavy atom. The lowest BCUT2D eigenvalue weighted by Gasteiger charge is -2.12. The van der Waals surface area contributed by atoms with Gasteiger partial charge < -0.3 is 9.47 Å². The molecule has 0 aliphatic rings. The Kier molecular flexibility index (Phi) is 5.27. The van der Waals surface area contributed by atoms with Crippen LogP contribution in [0.25, 0.3) is 0 Å². The summed E-state index contributed by atoms with van der Waals surface area (Å²) in [5.74, 6) is -1.24. The monoisotopic (exact) mass is 367 g/mol. The van der Waals surface area contributed by atoms with Gasteiger partial charge in [0.05, 0.1) is 12.2 Å². The van der Waals surface area contributed by atoms with Crippen molar-refractivity contribution >= 4 is 28.6 Å². The van der Waals surface area contributed by atoms with Crippen molar-refractivity contribution in [2.45, 2.75) is 13.5 Å². The van der Waals surface area contributed by atoms with E-state index in [-0.39, 0.29) is 17.7 Å². The lowest BCUT2D eigenvalue weighted by Crippen LogP contribution is -2.13. The number of halogens is 3. The van der Waals surface area contributed by atoms with Gasteiger partial charge in [0.2, 0.25) is 0 Å². The zero-order valence-electron chi connectivity index (χ0n) is 9.25. The lowest BCUT2D eigenvalue weighted by atomic mass is 10.1. The number of rotatable bonds is 4. The molecule has 1 aromatic carbocycles. The topological polar surface area (TPSA) is 59.3 Å². The fraction of sp³-hybridized carbons (Fsp3) is 0.273. The van der Waals surface area contributed by atoms with E-state index in [1.54, 1.807) is 35.6 Å². The molecule has 0 saturated heterocycles. The van der Waals surface area contributed by atoms with Crippen LogP contribution in [0.5, 0.6) is 5.75 Å². The Morgan fingerprint density at radius 1 is 1.56 bits per heavy atom. The van der Waals surface area contributed by atoms with Crippen LogP contribution >= 0.6 is 22.6 Å². The Labute approximate surface area is 116 Å². The van der Waals surface area contributed by atoms with Crippen molar-refractivity contribution in [1.29, 1.82) is 5.26 Å². The van der Waals surface area contributed by atoms with Crippen molar-refractivity contribution < 1.29 is 23.0 Å². The summed E-state index contributed by atoms with van der Waals surface area (Å²) in [5.41, 5.74) is -0.296. The Balaban J connectivity index is 3.36. The lowest BCUT2D eigenvalue weighted by molar-refractivity contribution is -0.0507. The highest BCUT2D eigenvalue weighted by Gasteiger charge is 2.23. The van der Waals surface area contributed by atoms with E-state index in [0.29, 0.717) is 3.57 Å². The molecule has 0 aromatic heterocycles. The van der Waals surface area contributed by atoms with E-state index in [0.717, 1.165) is 0 Å². The van der Waals surface area contributed by atoms with Gasteiger partial charge in [0.15, 0.2) is 5.75 Å². The van der Waals surface area contributed by atoms with Crippen molar-refractivity contribution in [2.24, 2.45) is 0 Å². The molecule has 0 unspecified atom stereocenters. The molecule has 4 nitrogen and oxygen atoms in total. The first-order valence-corrected chi connectivity index (χ1v) is 5.93. The minimum atomic E-state index is -3.12. The van der Waals surface area contributed by atoms with E-state index in [1.165, 1.54) is 12.1 Å². The Hall–Kier alpha value is -1.43. The molecular weight excluding hydrogens is 359 g/mol. The fourth-order valence-corrected chi connectivity index (χ4v) is 1.90. The van der Waals surface area contributed by atoms with Gasteiger partial charge in [-0.3, -0.25) is 0 Å². The van der Waals surface area contributed by atoms with Crippen LogP contribution in [0.2, 0.25) is 0 Å². The van der Waals surface area contributed by atoms with Crippen molar-refractivity contribution in [3.05, 3.63) is 26.8 Å². The van der Waals surface area contributed by atoms with Gasteiger partial charge in [0.1, 0.15) is 11.6 Å². The third kappa shape index (κ3) is 3.29. The van der Waals surface area contributed by atoms with Gasteiger partial charge >= 0.3 is 12.6 Å². The zero-order chi connectivity index (χ0) is 13.7. The van der Waals surface area contributed by atoms with Gasteiger partial charge in [-0.15, -0.1) is 0 Å². The first-order valence-electron chi connectivity index (χ1n) is 4.85. The van der Waals surface area contributed by atoms with E-state index < -0.39 is 18.3 Å². The number of esters is 1. The number of nitrogens with zero attached hydrogens (tertiary/aromatic N) is 1. The normalized spacial score (nSPS) is 10.0. The summed E-state index contributed by atoms with van der Waals surface area (Å²) in [4.78, 5) is 11.7. The number of hydrogen-bond acceptors (Lipinski definition) is 4. The second-order valence-corrected chi connectivity index (χ2v) is 4.17. The van der Waals surface area contributed by atoms with Gasteiger partial charge in [-0.25, -0.2) is 4.79 Å². The molecular formula is C11H8F2INO3. The molecule has 0 saturated carbocycles. The number of alkyl halides is 2. The van der Waals surface area contributed by atoms with Crippen LogP contribution in [0.15, 0.2) is 12.1 Å². The smallest absolute Gasteiger partial charge is 0.387 e. The number of carbonyl (C=O) groups is 1. The third-order valence-electron chi connectivity index (χ3n) is 1.91. The van der Waals surface area contributed by atoms with Gasteiger partial charge in [-0.2, -0.15) is 14.0 Å². The van der Waals surface area contributed by atoms with Crippen LogP contribution in [0.1, 0.15) is 22.8 Å². The quantitative estimate of drug-likeness (QED) is 0.607. The maximum Gasteiger partial charge on any atom is 0.387 e. The summed E-state index contributed by atoms with van der Waals surface area (Å²) in [6.45, 7) is -1.43. The highest BCUT2D eigenvalue weighted by molar-refractivity contribution is 14.1. The molecule has 0 atom stereocenters. The summed E-state index contributed by atoms with van der Waals surface area (Å²) < 4.78 is 34.0. The van der Waals surface area contributed by atoms with Gasteiger partial charge in [0, 0.05) is 3.57 Å². The molecule has 7 heteroatoms. The summed E-state index contributed by atoms with van der Waals surface area (Å²) in [7, 11) is 0. The minimum absolute atomic E-state index is 0.0970. The summed E-state index contributed by atoms with van der Waals surface area (Å²) >= 11 is 1.79. The molecule has 0 N–H and O–H groups in total. The summed E-state index contributed by atoms with van der Waals surface area (Å²) in [6, 6.07) is 4.47. The van der Waals surface area contributed by atoms with Gasteiger partial charge in [-0.1, -0.05) is 0 Å². The molecule has 0 aliphatic carbocycles.